The van der Waals surface area contributed by atoms with Crippen molar-refractivity contribution < 1.29 is 15.0 Å². The number of carboxylic acid groups (broad SMARTS) is 2. The van der Waals surface area contributed by atoms with Gasteiger partial charge in [-0.3, -0.25) is 0 Å². The Morgan fingerprint density at radius 3 is 1.26 bits per heavy atom. The van der Waals surface area contributed by atoms with Crippen molar-refractivity contribution >= 4 is 29.3 Å². The molecule has 0 aromatic heterocycles. The van der Waals surface area contributed by atoms with E-state index in [1.165, 1.54) is 34.9 Å². The van der Waals surface area contributed by atoms with Gasteiger partial charge in [0.25, 0.3) is 0 Å². The van der Waals surface area contributed by atoms with Crippen LogP contribution in [0.3, 0.4) is 0 Å². The molecule has 0 radical (unpaired) electrons. The molecule has 0 amide bonds. The molecule has 0 spiro atoms. The van der Waals surface area contributed by atoms with E-state index < -0.39 is 13.4 Å². The number of carbonyl (C=O) groups is 1. The molecule has 0 aliphatic heterocycles. The quantitative estimate of drug-likeness (QED) is 0.606. The van der Waals surface area contributed by atoms with Gasteiger partial charge in [0, 0.05) is 0 Å². The van der Waals surface area contributed by atoms with Gasteiger partial charge in [-0.1, -0.05) is 0 Å². The van der Waals surface area contributed by atoms with Gasteiger partial charge in [-0.2, -0.15) is 0 Å². The average molecular weight is 382 g/mol. The van der Waals surface area contributed by atoms with Gasteiger partial charge in [-0.05, 0) is 0 Å². The summed E-state index contributed by atoms with van der Waals surface area (Å²) in [4.78, 5) is 8.56. The molecule has 0 heterocycles. The van der Waals surface area contributed by atoms with E-state index in [2.05, 4.69) is 97.9 Å². The first kappa shape index (κ1) is 20.7. The van der Waals surface area contributed by atoms with Crippen molar-refractivity contribution in [1.29, 1.82) is 0 Å². The molecule has 0 unspecified atom stereocenters. The molecule has 0 atom stereocenters. The molecule has 0 aliphatic rings. The maximum atomic E-state index is 8.56. The van der Waals surface area contributed by atoms with Crippen LogP contribution >= 0.6 is 7.26 Å². The van der Waals surface area contributed by atoms with E-state index in [9.17, 15) is 0 Å². The molecule has 3 aromatic carbocycles. The SMILES string of the molecule is CCCC[PH](c1ccccc1)(c1ccccc1)c1ccccc1.O=C(O)O. The first-order valence-corrected chi connectivity index (χ1v) is 11.4. The summed E-state index contributed by atoms with van der Waals surface area (Å²) in [6, 6.07) is 33.5. The van der Waals surface area contributed by atoms with Gasteiger partial charge >= 0.3 is 146 Å². The third-order valence-electron chi connectivity index (χ3n) is 4.71. The fourth-order valence-corrected chi connectivity index (χ4v) is 8.58. The summed E-state index contributed by atoms with van der Waals surface area (Å²) in [7, 11) is -1.94. The van der Waals surface area contributed by atoms with Crippen molar-refractivity contribution in [3.63, 3.8) is 0 Å². The first-order chi connectivity index (χ1) is 13.1. The van der Waals surface area contributed by atoms with Crippen LogP contribution in [0.5, 0.6) is 0 Å². The van der Waals surface area contributed by atoms with Crippen molar-refractivity contribution in [3.8, 4) is 0 Å². The minimum atomic E-state index is -1.94. The molecule has 0 saturated carbocycles. The summed E-state index contributed by atoms with van der Waals surface area (Å²) >= 11 is 0. The molecule has 4 heteroatoms. The molecular formula is C23H27O3P. The van der Waals surface area contributed by atoms with Gasteiger partial charge in [0.05, 0.1) is 0 Å². The minimum Gasteiger partial charge on any atom is -0.450 e. The fourth-order valence-electron chi connectivity index (χ4n) is 3.54. The number of hydrogen-bond acceptors (Lipinski definition) is 1. The third-order valence-corrected chi connectivity index (χ3v) is 9.77. The molecule has 2 N–H and O–H groups in total. The maximum Gasteiger partial charge on any atom is 0.503 e. The molecule has 3 rings (SSSR count). The van der Waals surface area contributed by atoms with Crippen LogP contribution < -0.4 is 15.9 Å². The van der Waals surface area contributed by atoms with Gasteiger partial charge in [-0.15, -0.1) is 0 Å². The standard InChI is InChI=1S/C22H25P.CH2O3/c1-2-3-19-23(20-13-7-4-8-14-20,21-15-9-5-10-16-21)22-17-11-6-12-18-22;2-1(3)4/h4-18,23H,2-3,19H2,1H3;(H2,2,3,4). The molecular weight excluding hydrogens is 355 g/mol. The van der Waals surface area contributed by atoms with Crippen LogP contribution in [0.2, 0.25) is 0 Å². The van der Waals surface area contributed by atoms with E-state index in [4.69, 9.17) is 15.0 Å². The Balaban J connectivity index is 0.000000596. The Hall–Kier alpha value is -2.64. The van der Waals surface area contributed by atoms with Crippen LogP contribution in [-0.4, -0.2) is 22.5 Å². The van der Waals surface area contributed by atoms with E-state index in [1.54, 1.807) is 0 Å². The largest absolute Gasteiger partial charge is 0.503 e. The second-order valence-electron chi connectivity index (χ2n) is 6.39. The first-order valence-electron chi connectivity index (χ1n) is 9.19. The summed E-state index contributed by atoms with van der Waals surface area (Å²) in [5.41, 5.74) is 0. The zero-order valence-electron chi connectivity index (χ0n) is 15.6. The number of unbranched alkanes of at least 4 members (excludes halogenated alkanes) is 1. The van der Waals surface area contributed by atoms with E-state index in [1.807, 2.05) is 0 Å². The molecule has 142 valence electrons. The third kappa shape index (κ3) is 5.42. The second-order valence-corrected chi connectivity index (χ2v) is 10.4. The van der Waals surface area contributed by atoms with Crippen LogP contribution in [0.25, 0.3) is 0 Å². The van der Waals surface area contributed by atoms with E-state index in [0.29, 0.717) is 0 Å². The van der Waals surface area contributed by atoms with E-state index in [0.717, 1.165) is 0 Å². The molecule has 0 bridgehead atoms. The molecule has 0 saturated heterocycles. The predicted molar refractivity (Wildman–Crippen MR) is 117 cm³/mol. The van der Waals surface area contributed by atoms with Gasteiger partial charge in [0.1, 0.15) is 0 Å². The Kier molecular flexibility index (Phi) is 8.03. The van der Waals surface area contributed by atoms with Gasteiger partial charge in [-0.25, -0.2) is 4.79 Å². The van der Waals surface area contributed by atoms with Crippen molar-refractivity contribution in [3.05, 3.63) is 91.0 Å². The number of hydrogen-bond donors (Lipinski definition) is 2. The van der Waals surface area contributed by atoms with Crippen molar-refractivity contribution in [2.45, 2.75) is 19.8 Å². The molecule has 0 aliphatic carbocycles. The summed E-state index contributed by atoms with van der Waals surface area (Å²) in [6.07, 6.45) is 1.94. The van der Waals surface area contributed by atoms with Crippen LogP contribution in [0.15, 0.2) is 91.0 Å². The number of rotatable bonds is 6. The van der Waals surface area contributed by atoms with Crippen LogP contribution in [0, 0.1) is 0 Å². The topological polar surface area (TPSA) is 57.5 Å². The minimum absolute atomic E-state index is 1.24. The van der Waals surface area contributed by atoms with Gasteiger partial charge < -0.3 is 10.2 Å². The zero-order valence-corrected chi connectivity index (χ0v) is 16.6. The van der Waals surface area contributed by atoms with Gasteiger partial charge in [0.15, 0.2) is 0 Å². The predicted octanol–water partition coefficient (Wildman–Crippen LogP) is 4.74. The Morgan fingerprint density at radius 2 is 1.00 bits per heavy atom. The van der Waals surface area contributed by atoms with Crippen molar-refractivity contribution in [2.24, 2.45) is 0 Å². The molecule has 3 aromatic rings. The van der Waals surface area contributed by atoms with E-state index in [-0.39, 0.29) is 0 Å². The summed E-state index contributed by atoms with van der Waals surface area (Å²) in [6.45, 7) is 2.29. The number of benzene rings is 3. The molecule has 3 nitrogen and oxygen atoms in total. The maximum absolute atomic E-state index is 8.56. The van der Waals surface area contributed by atoms with Crippen LogP contribution in [0.4, 0.5) is 4.79 Å². The molecule has 0 fully saturated rings. The van der Waals surface area contributed by atoms with Crippen molar-refractivity contribution in [1.82, 2.24) is 0 Å². The Morgan fingerprint density at radius 1 is 0.704 bits per heavy atom. The monoisotopic (exact) mass is 382 g/mol. The van der Waals surface area contributed by atoms with Gasteiger partial charge in [0.2, 0.25) is 0 Å². The summed E-state index contributed by atoms with van der Waals surface area (Å²) in [5.74, 6) is 0. The summed E-state index contributed by atoms with van der Waals surface area (Å²) in [5, 5.41) is 18.5. The van der Waals surface area contributed by atoms with E-state index >= 15 is 0 Å². The zero-order chi connectivity index (χ0) is 19.5. The smallest absolute Gasteiger partial charge is 0.450 e. The molecule has 27 heavy (non-hydrogen) atoms. The normalized spacial score (nSPS) is 11.1. The Bertz CT molecular complexity index is 704. The fraction of sp³-hybridized carbons (Fsp3) is 0.174. The summed E-state index contributed by atoms with van der Waals surface area (Å²) < 4.78 is 0. The van der Waals surface area contributed by atoms with Crippen LogP contribution in [-0.2, 0) is 0 Å². The second kappa shape index (κ2) is 10.5. The average Bonchev–Trinajstić information content (AvgIpc) is 2.71. The Labute approximate surface area is 161 Å². The van der Waals surface area contributed by atoms with Crippen molar-refractivity contribution in [2.75, 3.05) is 6.16 Å². The van der Waals surface area contributed by atoms with Crippen LogP contribution in [0.1, 0.15) is 19.8 Å².